The molecule has 19 heavy (non-hydrogen) atoms. The summed E-state index contributed by atoms with van der Waals surface area (Å²) in [6.07, 6.45) is 3.30. The van der Waals surface area contributed by atoms with Gasteiger partial charge in [0.1, 0.15) is 5.69 Å². The van der Waals surface area contributed by atoms with Crippen molar-refractivity contribution in [1.82, 2.24) is 15.1 Å². The maximum absolute atomic E-state index is 12.2. The van der Waals surface area contributed by atoms with Crippen LogP contribution < -0.4 is 11.1 Å². The fourth-order valence-electron chi connectivity index (χ4n) is 2.14. The first-order valence-electron chi connectivity index (χ1n) is 6.92. The highest BCUT2D eigenvalue weighted by Gasteiger charge is 2.19. The molecule has 5 heteroatoms. The van der Waals surface area contributed by atoms with Gasteiger partial charge in [0.05, 0.1) is 11.4 Å². The second-order valence-electron chi connectivity index (χ2n) is 5.67. The first-order chi connectivity index (χ1) is 8.82. The lowest BCUT2D eigenvalue weighted by Gasteiger charge is -2.14. The zero-order valence-electron chi connectivity index (χ0n) is 12.7. The Labute approximate surface area is 115 Å². The molecule has 1 rings (SSSR count). The number of anilines is 1. The zero-order valence-corrected chi connectivity index (χ0v) is 12.7. The van der Waals surface area contributed by atoms with E-state index < -0.39 is 0 Å². The van der Waals surface area contributed by atoms with Gasteiger partial charge in [0.25, 0.3) is 5.91 Å². The van der Waals surface area contributed by atoms with E-state index in [2.05, 4.69) is 24.3 Å². The van der Waals surface area contributed by atoms with E-state index in [0.29, 0.717) is 23.0 Å². The zero-order chi connectivity index (χ0) is 14.6. The summed E-state index contributed by atoms with van der Waals surface area (Å²) in [6, 6.07) is 0.154. The van der Waals surface area contributed by atoms with E-state index in [9.17, 15) is 4.79 Å². The predicted octanol–water partition coefficient (Wildman–Crippen LogP) is 2.26. The average Bonchev–Trinajstić information content (AvgIpc) is 2.52. The number of nitrogens with two attached hydrogens (primary N) is 1. The van der Waals surface area contributed by atoms with Crippen LogP contribution in [0.15, 0.2) is 0 Å². The number of nitrogen functional groups attached to an aromatic ring is 1. The molecule has 5 nitrogen and oxygen atoms in total. The van der Waals surface area contributed by atoms with Gasteiger partial charge in [-0.3, -0.25) is 9.48 Å². The molecule has 1 atom stereocenters. The minimum absolute atomic E-state index is 0.141. The summed E-state index contributed by atoms with van der Waals surface area (Å²) in [5, 5.41) is 7.14. The van der Waals surface area contributed by atoms with Crippen molar-refractivity contribution >= 4 is 11.6 Å². The molecule has 0 aliphatic heterocycles. The lowest BCUT2D eigenvalue weighted by atomic mass is 10.0. The molecule has 1 heterocycles. The SMILES string of the molecule is Cc1nn(C)c(C(=O)NC(C)CCCC(C)C)c1N. The molecule has 1 aromatic rings. The number of aryl methyl sites for hydroxylation is 2. The summed E-state index contributed by atoms with van der Waals surface area (Å²) in [4.78, 5) is 12.2. The lowest BCUT2D eigenvalue weighted by molar-refractivity contribution is 0.0929. The van der Waals surface area contributed by atoms with Crippen LogP contribution in [0.2, 0.25) is 0 Å². The number of rotatable bonds is 6. The summed E-state index contributed by atoms with van der Waals surface area (Å²) in [5.41, 5.74) is 7.49. The molecule has 0 saturated heterocycles. The topological polar surface area (TPSA) is 72.9 Å². The number of nitrogens with one attached hydrogen (secondary N) is 1. The van der Waals surface area contributed by atoms with Crippen LogP contribution in [-0.2, 0) is 7.05 Å². The van der Waals surface area contributed by atoms with Crippen LogP contribution in [0.5, 0.6) is 0 Å². The molecule has 0 aliphatic carbocycles. The Morgan fingerprint density at radius 1 is 1.37 bits per heavy atom. The van der Waals surface area contributed by atoms with Gasteiger partial charge in [-0.25, -0.2) is 0 Å². The molecule has 1 unspecified atom stereocenters. The Morgan fingerprint density at radius 2 is 2.00 bits per heavy atom. The Kier molecular flexibility index (Phi) is 5.39. The van der Waals surface area contributed by atoms with Crippen molar-refractivity contribution in [3.8, 4) is 0 Å². The largest absolute Gasteiger partial charge is 0.395 e. The Hall–Kier alpha value is -1.52. The van der Waals surface area contributed by atoms with Crippen LogP contribution in [0.3, 0.4) is 0 Å². The molecule has 108 valence electrons. The van der Waals surface area contributed by atoms with Crippen molar-refractivity contribution in [2.24, 2.45) is 13.0 Å². The second kappa shape index (κ2) is 6.59. The summed E-state index contributed by atoms with van der Waals surface area (Å²) in [6.45, 7) is 8.25. The highest BCUT2D eigenvalue weighted by atomic mass is 16.2. The molecule has 0 fully saturated rings. The number of nitrogens with zero attached hydrogens (tertiary/aromatic N) is 2. The monoisotopic (exact) mass is 266 g/mol. The molecule has 0 spiro atoms. The van der Waals surface area contributed by atoms with E-state index in [4.69, 9.17) is 5.73 Å². The van der Waals surface area contributed by atoms with Gasteiger partial charge in [0.15, 0.2) is 0 Å². The van der Waals surface area contributed by atoms with Gasteiger partial charge in [-0.15, -0.1) is 0 Å². The fraction of sp³-hybridized carbons (Fsp3) is 0.714. The van der Waals surface area contributed by atoms with E-state index in [1.165, 1.54) is 6.42 Å². The van der Waals surface area contributed by atoms with Gasteiger partial charge >= 0.3 is 0 Å². The number of aromatic nitrogens is 2. The Morgan fingerprint density at radius 3 is 2.47 bits per heavy atom. The minimum Gasteiger partial charge on any atom is -0.395 e. The van der Waals surface area contributed by atoms with Gasteiger partial charge in [0, 0.05) is 13.1 Å². The van der Waals surface area contributed by atoms with Gasteiger partial charge in [-0.2, -0.15) is 5.10 Å². The molecule has 0 aliphatic rings. The van der Waals surface area contributed by atoms with Crippen molar-refractivity contribution in [3.05, 3.63) is 11.4 Å². The van der Waals surface area contributed by atoms with E-state index in [1.807, 2.05) is 6.92 Å². The fourth-order valence-corrected chi connectivity index (χ4v) is 2.14. The second-order valence-corrected chi connectivity index (χ2v) is 5.67. The summed E-state index contributed by atoms with van der Waals surface area (Å²) < 4.78 is 1.54. The third kappa shape index (κ3) is 4.26. The maximum atomic E-state index is 12.2. The molecule has 0 aromatic carbocycles. The molecule has 3 N–H and O–H groups in total. The van der Waals surface area contributed by atoms with Crippen LogP contribution >= 0.6 is 0 Å². The quantitative estimate of drug-likeness (QED) is 0.829. The third-order valence-corrected chi connectivity index (χ3v) is 3.28. The first-order valence-corrected chi connectivity index (χ1v) is 6.92. The van der Waals surface area contributed by atoms with Crippen LogP contribution in [0.25, 0.3) is 0 Å². The number of carbonyl (C=O) groups excluding carboxylic acids is 1. The summed E-state index contributed by atoms with van der Waals surface area (Å²) in [5.74, 6) is 0.566. The third-order valence-electron chi connectivity index (χ3n) is 3.28. The van der Waals surface area contributed by atoms with E-state index in [1.54, 1.807) is 18.7 Å². The number of amides is 1. The predicted molar refractivity (Wildman–Crippen MR) is 78.0 cm³/mol. The summed E-state index contributed by atoms with van der Waals surface area (Å²) >= 11 is 0. The first kappa shape index (κ1) is 15.5. The normalized spacial score (nSPS) is 12.7. The van der Waals surface area contributed by atoms with Gasteiger partial charge in [-0.1, -0.05) is 26.7 Å². The highest BCUT2D eigenvalue weighted by molar-refractivity contribution is 5.98. The number of hydrogen-bond donors (Lipinski definition) is 2. The Balaban J connectivity index is 2.55. The van der Waals surface area contributed by atoms with Crippen LogP contribution in [0.1, 0.15) is 56.2 Å². The Bertz CT molecular complexity index is 437. The molecule has 0 bridgehead atoms. The van der Waals surface area contributed by atoms with Crippen molar-refractivity contribution in [2.45, 2.75) is 53.0 Å². The standard InChI is InChI=1S/C14H26N4O/c1-9(2)7-6-8-10(3)16-14(19)13-12(15)11(4)17-18(13)5/h9-10H,6-8,15H2,1-5H3,(H,16,19). The minimum atomic E-state index is -0.141. The van der Waals surface area contributed by atoms with Crippen LogP contribution in [-0.4, -0.2) is 21.7 Å². The van der Waals surface area contributed by atoms with Crippen molar-refractivity contribution < 1.29 is 4.79 Å². The van der Waals surface area contributed by atoms with E-state index in [0.717, 1.165) is 12.8 Å². The van der Waals surface area contributed by atoms with Gasteiger partial charge in [-0.05, 0) is 26.2 Å². The average molecular weight is 266 g/mol. The number of carbonyl (C=O) groups is 1. The van der Waals surface area contributed by atoms with Gasteiger partial charge in [0.2, 0.25) is 0 Å². The molecule has 0 saturated carbocycles. The maximum Gasteiger partial charge on any atom is 0.271 e. The molecule has 1 aromatic heterocycles. The van der Waals surface area contributed by atoms with E-state index >= 15 is 0 Å². The van der Waals surface area contributed by atoms with Crippen molar-refractivity contribution in [2.75, 3.05) is 5.73 Å². The molecular weight excluding hydrogens is 240 g/mol. The van der Waals surface area contributed by atoms with Gasteiger partial charge < -0.3 is 11.1 Å². The smallest absolute Gasteiger partial charge is 0.271 e. The lowest BCUT2D eigenvalue weighted by Crippen LogP contribution is -2.34. The molecule has 1 amide bonds. The van der Waals surface area contributed by atoms with Crippen LogP contribution in [0, 0.1) is 12.8 Å². The van der Waals surface area contributed by atoms with E-state index in [-0.39, 0.29) is 11.9 Å². The van der Waals surface area contributed by atoms with Crippen LogP contribution in [0.4, 0.5) is 5.69 Å². The highest BCUT2D eigenvalue weighted by Crippen LogP contribution is 2.15. The summed E-state index contributed by atoms with van der Waals surface area (Å²) in [7, 11) is 1.74. The molecule has 0 radical (unpaired) electrons. The van der Waals surface area contributed by atoms with Crippen molar-refractivity contribution in [1.29, 1.82) is 0 Å². The van der Waals surface area contributed by atoms with Crippen molar-refractivity contribution in [3.63, 3.8) is 0 Å². The molecular formula is C14H26N4O. The number of hydrogen-bond acceptors (Lipinski definition) is 3.